The van der Waals surface area contributed by atoms with Gasteiger partial charge in [0, 0.05) is 12.8 Å². The fourth-order valence-electron chi connectivity index (χ4n) is 1.44. The monoisotopic (exact) mass is 238 g/mol. The van der Waals surface area contributed by atoms with Gasteiger partial charge < -0.3 is 5.11 Å². The van der Waals surface area contributed by atoms with E-state index in [4.69, 9.17) is 5.11 Å². The second-order valence-electron chi connectivity index (χ2n) is 4.14. The zero-order valence-electron chi connectivity index (χ0n) is 10.6. The third-order valence-electron chi connectivity index (χ3n) is 2.45. The van der Waals surface area contributed by atoms with Crippen LogP contribution in [0, 0.1) is 11.8 Å². The number of carboxylic acids is 1. The molecular formula is C14H22O3. The summed E-state index contributed by atoms with van der Waals surface area (Å²) < 4.78 is 0. The molecule has 1 N–H and O–H groups in total. The summed E-state index contributed by atoms with van der Waals surface area (Å²) in [6.45, 7) is 2.19. The van der Waals surface area contributed by atoms with Crippen molar-refractivity contribution in [2.24, 2.45) is 0 Å². The predicted molar refractivity (Wildman–Crippen MR) is 67.6 cm³/mol. The minimum atomic E-state index is -0.948. The minimum absolute atomic E-state index is 0.0266. The van der Waals surface area contributed by atoms with Gasteiger partial charge in [-0.1, -0.05) is 44.9 Å². The number of hydrogen-bond acceptors (Lipinski definition) is 2. The maximum atomic E-state index is 11.1. The average Bonchev–Trinajstić information content (AvgIpc) is 2.30. The first kappa shape index (κ1) is 15.7. The van der Waals surface area contributed by atoms with Crippen LogP contribution in [0.25, 0.3) is 0 Å². The van der Waals surface area contributed by atoms with Crippen molar-refractivity contribution >= 4 is 11.8 Å². The van der Waals surface area contributed by atoms with Gasteiger partial charge >= 0.3 is 5.97 Å². The molecule has 0 aliphatic carbocycles. The molecule has 0 atom stereocenters. The van der Waals surface area contributed by atoms with E-state index in [9.17, 15) is 9.59 Å². The van der Waals surface area contributed by atoms with Gasteiger partial charge in [0.05, 0.1) is 6.42 Å². The van der Waals surface area contributed by atoms with E-state index in [2.05, 4.69) is 18.8 Å². The number of hydrogen-bond donors (Lipinski definition) is 1. The molecular weight excluding hydrogens is 216 g/mol. The summed E-state index contributed by atoms with van der Waals surface area (Å²) in [7, 11) is 0. The average molecular weight is 238 g/mol. The highest BCUT2D eigenvalue weighted by Crippen LogP contribution is 2.06. The van der Waals surface area contributed by atoms with Crippen LogP contribution in [-0.4, -0.2) is 16.9 Å². The Labute approximate surface area is 104 Å². The summed E-state index contributed by atoms with van der Waals surface area (Å²) in [5, 5.41) is 8.37. The molecule has 0 radical (unpaired) electrons. The van der Waals surface area contributed by atoms with Crippen molar-refractivity contribution in [2.45, 2.75) is 64.7 Å². The van der Waals surface area contributed by atoms with E-state index < -0.39 is 5.97 Å². The van der Waals surface area contributed by atoms with Gasteiger partial charge in [-0.05, 0) is 12.3 Å². The Kier molecular flexibility index (Phi) is 10.3. The first-order valence-electron chi connectivity index (χ1n) is 6.40. The normalized spacial score (nSPS) is 9.47. The van der Waals surface area contributed by atoms with Crippen molar-refractivity contribution in [3.8, 4) is 11.8 Å². The van der Waals surface area contributed by atoms with Crippen LogP contribution in [0.15, 0.2) is 0 Å². The Morgan fingerprint density at radius 1 is 1.00 bits per heavy atom. The van der Waals surface area contributed by atoms with Crippen molar-refractivity contribution in [1.29, 1.82) is 0 Å². The van der Waals surface area contributed by atoms with Crippen LogP contribution >= 0.6 is 0 Å². The highest BCUT2D eigenvalue weighted by molar-refractivity contribution is 5.96. The van der Waals surface area contributed by atoms with Crippen LogP contribution in [0.5, 0.6) is 0 Å². The van der Waals surface area contributed by atoms with Crippen LogP contribution in [-0.2, 0) is 9.59 Å². The molecule has 0 bridgehead atoms. The molecule has 3 nitrogen and oxygen atoms in total. The van der Waals surface area contributed by atoms with Crippen molar-refractivity contribution in [2.75, 3.05) is 0 Å². The minimum Gasteiger partial charge on any atom is -0.481 e. The molecule has 0 rings (SSSR count). The maximum Gasteiger partial charge on any atom is 0.303 e. The number of carbonyl (C=O) groups is 2. The van der Waals surface area contributed by atoms with E-state index in [1.807, 2.05) is 0 Å². The van der Waals surface area contributed by atoms with Crippen LogP contribution in [0.4, 0.5) is 0 Å². The lowest BCUT2D eigenvalue weighted by molar-refractivity contribution is -0.138. The smallest absolute Gasteiger partial charge is 0.303 e. The fraction of sp³-hybridized carbons (Fsp3) is 0.714. The van der Waals surface area contributed by atoms with E-state index >= 15 is 0 Å². The molecule has 0 aliphatic heterocycles. The number of rotatable bonds is 9. The lowest BCUT2D eigenvalue weighted by Gasteiger charge is -1.96. The van der Waals surface area contributed by atoms with Gasteiger partial charge in [0.1, 0.15) is 0 Å². The van der Waals surface area contributed by atoms with E-state index in [0.29, 0.717) is 0 Å². The molecule has 96 valence electrons. The quantitative estimate of drug-likeness (QED) is 0.381. The van der Waals surface area contributed by atoms with E-state index in [1.54, 1.807) is 0 Å². The van der Waals surface area contributed by atoms with E-state index in [0.717, 1.165) is 19.3 Å². The molecule has 0 fully saturated rings. The van der Waals surface area contributed by atoms with Crippen molar-refractivity contribution in [1.82, 2.24) is 0 Å². The van der Waals surface area contributed by atoms with E-state index in [1.165, 1.54) is 25.7 Å². The predicted octanol–water partition coefficient (Wildman–Crippen LogP) is 3.17. The Morgan fingerprint density at radius 2 is 1.65 bits per heavy atom. The first-order chi connectivity index (χ1) is 8.16. The third-order valence-corrected chi connectivity index (χ3v) is 2.45. The molecule has 0 unspecified atom stereocenters. The van der Waals surface area contributed by atoms with Gasteiger partial charge in [-0.2, -0.15) is 0 Å². The van der Waals surface area contributed by atoms with Gasteiger partial charge in [-0.25, -0.2) is 0 Å². The summed E-state index contributed by atoms with van der Waals surface area (Å²) in [5.41, 5.74) is 0. The maximum absolute atomic E-state index is 11.1. The van der Waals surface area contributed by atoms with Gasteiger partial charge in [0.15, 0.2) is 0 Å². The highest BCUT2D eigenvalue weighted by Gasteiger charge is 2.01. The van der Waals surface area contributed by atoms with Crippen LogP contribution in [0.1, 0.15) is 64.7 Å². The molecule has 3 heteroatoms. The largest absolute Gasteiger partial charge is 0.481 e. The molecule has 0 spiro atoms. The number of unbranched alkanes of at least 4 members (excludes halogenated alkanes) is 6. The number of Topliss-reactive ketones (excluding diaryl/α,β-unsaturated/α-hetero) is 1. The molecule has 0 heterocycles. The number of carboxylic acid groups (broad SMARTS) is 1. The number of aliphatic carboxylic acids is 1. The molecule has 0 saturated carbocycles. The molecule has 0 saturated heterocycles. The van der Waals surface area contributed by atoms with Gasteiger partial charge in [-0.15, -0.1) is 0 Å². The molecule has 0 aromatic rings. The summed E-state index contributed by atoms with van der Waals surface area (Å²) in [6, 6.07) is 0. The Morgan fingerprint density at radius 3 is 2.29 bits per heavy atom. The second-order valence-corrected chi connectivity index (χ2v) is 4.14. The second kappa shape index (κ2) is 11.2. The van der Waals surface area contributed by atoms with Crippen molar-refractivity contribution in [3.05, 3.63) is 0 Å². The fourth-order valence-corrected chi connectivity index (χ4v) is 1.44. The Bertz CT molecular complexity index is 284. The lowest BCUT2D eigenvalue weighted by atomic mass is 10.1. The Hall–Kier alpha value is -1.30. The summed E-state index contributed by atoms with van der Waals surface area (Å²) in [6.07, 6.45) is 7.90. The Balaban J connectivity index is 3.41. The zero-order chi connectivity index (χ0) is 12.9. The summed E-state index contributed by atoms with van der Waals surface area (Å²) in [5.74, 6) is 4.08. The molecule has 0 amide bonds. The standard InChI is InChI=1S/C14H22O3/c1-2-3-4-5-6-7-8-9-10-13(15)11-12-14(16)17/h2-8,11-12H2,1H3,(H,16,17). The van der Waals surface area contributed by atoms with Gasteiger partial charge in [0.2, 0.25) is 5.78 Å². The van der Waals surface area contributed by atoms with Gasteiger partial charge in [-0.3, -0.25) is 9.59 Å². The van der Waals surface area contributed by atoms with E-state index in [-0.39, 0.29) is 18.6 Å². The SMILES string of the molecule is CCCCCCCCC#CC(=O)CCC(=O)O. The van der Waals surface area contributed by atoms with Crippen molar-refractivity contribution in [3.63, 3.8) is 0 Å². The summed E-state index contributed by atoms with van der Waals surface area (Å²) in [4.78, 5) is 21.3. The number of ketones is 1. The van der Waals surface area contributed by atoms with Crippen molar-refractivity contribution < 1.29 is 14.7 Å². The highest BCUT2D eigenvalue weighted by atomic mass is 16.4. The summed E-state index contributed by atoms with van der Waals surface area (Å²) >= 11 is 0. The van der Waals surface area contributed by atoms with Crippen LogP contribution < -0.4 is 0 Å². The first-order valence-corrected chi connectivity index (χ1v) is 6.40. The topological polar surface area (TPSA) is 54.4 Å². The van der Waals surface area contributed by atoms with Gasteiger partial charge in [0.25, 0.3) is 0 Å². The van der Waals surface area contributed by atoms with Crippen LogP contribution in [0.3, 0.4) is 0 Å². The number of carbonyl (C=O) groups excluding carboxylic acids is 1. The molecule has 0 aliphatic rings. The molecule has 17 heavy (non-hydrogen) atoms. The third kappa shape index (κ3) is 12.6. The zero-order valence-corrected chi connectivity index (χ0v) is 10.6. The molecule has 0 aromatic carbocycles. The van der Waals surface area contributed by atoms with Crippen LogP contribution in [0.2, 0.25) is 0 Å². The lowest BCUT2D eigenvalue weighted by Crippen LogP contribution is -2.00. The molecule has 0 aromatic heterocycles.